The van der Waals surface area contributed by atoms with Gasteiger partial charge in [0.1, 0.15) is 5.75 Å². The minimum absolute atomic E-state index is 0.123. The lowest BCUT2D eigenvalue weighted by Crippen LogP contribution is -2.09. The van der Waals surface area contributed by atoms with E-state index in [9.17, 15) is 9.59 Å². The van der Waals surface area contributed by atoms with Crippen molar-refractivity contribution in [1.82, 2.24) is 0 Å². The number of carbonyl (C=O) groups is 2. The molecule has 0 aliphatic carbocycles. The van der Waals surface area contributed by atoms with Crippen LogP contribution < -0.4 is 4.74 Å². The van der Waals surface area contributed by atoms with Gasteiger partial charge in [-0.2, -0.15) is 0 Å². The number of ketones is 1. The van der Waals surface area contributed by atoms with E-state index in [2.05, 4.69) is 0 Å². The van der Waals surface area contributed by atoms with E-state index in [-0.39, 0.29) is 11.3 Å². The van der Waals surface area contributed by atoms with Crippen LogP contribution in [0.4, 0.5) is 0 Å². The zero-order valence-electron chi connectivity index (χ0n) is 14.7. The average Bonchev–Trinajstić information content (AvgIpc) is 2.68. The van der Waals surface area contributed by atoms with Crippen LogP contribution >= 0.6 is 11.6 Å². The number of allylic oxidation sites excluding steroid dienone is 1. The Morgan fingerprint density at radius 2 is 1.56 bits per heavy atom. The third kappa shape index (κ3) is 4.72. The van der Waals surface area contributed by atoms with Gasteiger partial charge < -0.3 is 4.74 Å². The lowest BCUT2D eigenvalue weighted by molar-refractivity contribution is 0.0734. The molecule has 3 aromatic carbocycles. The van der Waals surface area contributed by atoms with Gasteiger partial charge in [0.25, 0.3) is 0 Å². The first-order valence-electron chi connectivity index (χ1n) is 8.39. The van der Waals surface area contributed by atoms with Gasteiger partial charge in [0, 0.05) is 11.1 Å². The van der Waals surface area contributed by atoms with E-state index in [4.69, 9.17) is 16.3 Å². The molecule has 0 N–H and O–H groups in total. The fourth-order valence-corrected chi connectivity index (χ4v) is 2.69. The van der Waals surface area contributed by atoms with Crippen LogP contribution in [-0.4, -0.2) is 11.8 Å². The number of hydrogen-bond acceptors (Lipinski definition) is 3. The Morgan fingerprint density at radius 1 is 0.889 bits per heavy atom. The standard InChI is InChI=1S/C23H17ClO3/c1-16-10-12-17(13-11-16)21(25)15-14-18-6-2-5-9-22(18)27-23(26)19-7-3-4-8-20(19)24/h2-15H,1H3. The Balaban J connectivity index is 1.80. The second kappa shape index (κ2) is 8.47. The van der Waals surface area contributed by atoms with E-state index in [1.165, 1.54) is 6.08 Å². The number of esters is 1. The number of ether oxygens (including phenoxy) is 1. The normalized spacial score (nSPS) is 10.7. The summed E-state index contributed by atoms with van der Waals surface area (Å²) in [5.41, 5.74) is 2.60. The SMILES string of the molecule is Cc1ccc(C(=O)C=Cc2ccccc2OC(=O)c2ccccc2Cl)cc1. The first-order valence-corrected chi connectivity index (χ1v) is 8.77. The predicted molar refractivity (Wildman–Crippen MR) is 107 cm³/mol. The van der Waals surface area contributed by atoms with Crippen LogP contribution in [0.5, 0.6) is 5.75 Å². The Labute approximate surface area is 162 Å². The van der Waals surface area contributed by atoms with Gasteiger partial charge in [-0.1, -0.05) is 71.8 Å². The summed E-state index contributed by atoms with van der Waals surface area (Å²) in [6.07, 6.45) is 3.10. The first-order chi connectivity index (χ1) is 13.0. The highest BCUT2D eigenvalue weighted by molar-refractivity contribution is 6.33. The van der Waals surface area contributed by atoms with Crippen molar-refractivity contribution < 1.29 is 14.3 Å². The van der Waals surface area contributed by atoms with Crippen molar-refractivity contribution in [2.24, 2.45) is 0 Å². The van der Waals surface area contributed by atoms with Crippen molar-refractivity contribution >= 4 is 29.4 Å². The van der Waals surface area contributed by atoms with Crippen LogP contribution in [0.1, 0.15) is 31.8 Å². The molecule has 0 aromatic heterocycles. The summed E-state index contributed by atoms with van der Waals surface area (Å²) in [6, 6.07) is 21.0. The van der Waals surface area contributed by atoms with Gasteiger partial charge in [0.05, 0.1) is 10.6 Å². The fraction of sp³-hybridized carbons (Fsp3) is 0.0435. The quantitative estimate of drug-likeness (QED) is 0.246. The van der Waals surface area contributed by atoms with Crippen molar-refractivity contribution in [3.63, 3.8) is 0 Å². The van der Waals surface area contributed by atoms with E-state index in [0.29, 0.717) is 21.9 Å². The molecular weight excluding hydrogens is 360 g/mol. The molecule has 0 aliphatic rings. The monoisotopic (exact) mass is 376 g/mol. The van der Waals surface area contributed by atoms with E-state index < -0.39 is 5.97 Å². The number of hydrogen-bond donors (Lipinski definition) is 0. The molecular formula is C23H17ClO3. The van der Waals surface area contributed by atoms with Crippen LogP contribution in [0.3, 0.4) is 0 Å². The zero-order chi connectivity index (χ0) is 19.2. The molecule has 3 aromatic rings. The number of halogens is 1. The van der Waals surface area contributed by atoms with Crippen molar-refractivity contribution in [3.8, 4) is 5.75 Å². The van der Waals surface area contributed by atoms with E-state index in [0.717, 1.165) is 5.56 Å². The zero-order valence-corrected chi connectivity index (χ0v) is 15.4. The number of aryl methyl sites for hydroxylation is 1. The molecule has 0 bridgehead atoms. The van der Waals surface area contributed by atoms with Crippen molar-refractivity contribution in [2.75, 3.05) is 0 Å². The van der Waals surface area contributed by atoms with Crippen LogP contribution in [0.25, 0.3) is 6.08 Å². The molecule has 0 unspecified atom stereocenters. The molecule has 0 atom stereocenters. The minimum Gasteiger partial charge on any atom is -0.422 e. The second-order valence-electron chi connectivity index (χ2n) is 5.97. The van der Waals surface area contributed by atoms with Crippen LogP contribution in [-0.2, 0) is 0 Å². The van der Waals surface area contributed by atoms with Crippen molar-refractivity contribution in [1.29, 1.82) is 0 Å². The summed E-state index contributed by atoms with van der Waals surface area (Å²) in [4.78, 5) is 24.7. The molecule has 4 heteroatoms. The molecule has 0 radical (unpaired) electrons. The largest absolute Gasteiger partial charge is 0.422 e. The molecule has 0 fully saturated rings. The van der Waals surface area contributed by atoms with E-state index >= 15 is 0 Å². The molecule has 0 amide bonds. The Kier molecular flexibility index (Phi) is 5.84. The van der Waals surface area contributed by atoms with E-state index in [1.807, 2.05) is 25.1 Å². The van der Waals surface area contributed by atoms with Gasteiger partial charge >= 0.3 is 5.97 Å². The number of benzene rings is 3. The molecule has 3 rings (SSSR count). The summed E-state index contributed by atoms with van der Waals surface area (Å²) in [5.74, 6) is -0.316. The second-order valence-corrected chi connectivity index (χ2v) is 6.38. The number of para-hydroxylation sites is 1. The maximum Gasteiger partial charge on any atom is 0.345 e. The molecule has 0 spiro atoms. The maximum atomic E-state index is 12.4. The third-order valence-corrected chi connectivity index (χ3v) is 4.30. The van der Waals surface area contributed by atoms with Crippen molar-refractivity contribution in [2.45, 2.75) is 6.92 Å². The van der Waals surface area contributed by atoms with E-state index in [1.54, 1.807) is 60.7 Å². The Morgan fingerprint density at radius 3 is 2.30 bits per heavy atom. The Bertz CT molecular complexity index is 1000. The number of rotatable bonds is 5. The lowest BCUT2D eigenvalue weighted by Gasteiger charge is -2.08. The number of carbonyl (C=O) groups excluding carboxylic acids is 2. The van der Waals surface area contributed by atoms with Gasteiger partial charge in [-0.3, -0.25) is 4.79 Å². The van der Waals surface area contributed by atoms with Gasteiger partial charge in [-0.25, -0.2) is 4.79 Å². The summed E-state index contributed by atoms with van der Waals surface area (Å²) in [7, 11) is 0. The third-order valence-electron chi connectivity index (χ3n) is 3.97. The van der Waals surface area contributed by atoms with Crippen LogP contribution in [0.15, 0.2) is 78.9 Å². The maximum absolute atomic E-state index is 12.4. The first kappa shape index (κ1) is 18.6. The molecule has 0 saturated carbocycles. The average molecular weight is 377 g/mol. The van der Waals surface area contributed by atoms with Gasteiger partial charge in [0.15, 0.2) is 5.78 Å². The molecule has 3 nitrogen and oxygen atoms in total. The molecule has 0 aliphatic heterocycles. The summed E-state index contributed by atoms with van der Waals surface area (Å²) < 4.78 is 5.48. The molecule has 0 saturated heterocycles. The molecule has 134 valence electrons. The molecule has 0 heterocycles. The van der Waals surface area contributed by atoms with Gasteiger partial charge in [-0.15, -0.1) is 0 Å². The van der Waals surface area contributed by atoms with Gasteiger partial charge in [0.2, 0.25) is 0 Å². The smallest absolute Gasteiger partial charge is 0.345 e. The topological polar surface area (TPSA) is 43.4 Å². The summed E-state index contributed by atoms with van der Waals surface area (Å²) in [5, 5.41) is 0.324. The van der Waals surface area contributed by atoms with Gasteiger partial charge in [-0.05, 0) is 37.3 Å². The molecule has 27 heavy (non-hydrogen) atoms. The van der Waals surface area contributed by atoms with Crippen molar-refractivity contribution in [3.05, 3.63) is 106 Å². The fourth-order valence-electron chi connectivity index (χ4n) is 2.47. The summed E-state index contributed by atoms with van der Waals surface area (Å²) in [6.45, 7) is 1.97. The lowest BCUT2D eigenvalue weighted by atomic mass is 10.1. The highest BCUT2D eigenvalue weighted by Crippen LogP contribution is 2.23. The minimum atomic E-state index is -0.550. The highest BCUT2D eigenvalue weighted by Gasteiger charge is 2.13. The van der Waals surface area contributed by atoms with Crippen LogP contribution in [0, 0.1) is 6.92 Å². The Hall–Kier alpha value is -3.17. The highest BCUT2D eigenvalue weighted by atomic mass is 35.5. The summed E-state index contributed by atoms with van der Waals surface area (Å²) >= 11 is 6.05. The van der Waals surface area contributed by atoms with Crippen LogP contribution in [0.2, 0.25) is 5.02 Å². The predicted octanol–water partition coefficient (Wildman–Crippen LogP) is 5.76.